The van der Waals surface area contributed by atoms with Crippen LogP contribution in [0, 0.1) is 0 Å². The van der Waals surface area contributed by atoms with Crippen LogP contribution in [0.25, 0.3) is 0 Å². The van der Waals surface area contributed by atoms with E-state index in [2.05, 4.69) is 25.3 Å². The molecule has 0 aliphatic carbocycles. The van der Waals surface area contributed by atoms with Crippen LogP contribution >= 0.6 is 0 Å². The highest BCUT2D eigenvalue weighted by Crippen LogP contribution is 2.19. The normalized spacial score (nSPS) is 12.2. The van der Waals surface area contributed by atoms with Crippen molar-refractivity contribution in [1.29, 1.82) is 0 Å². The van der Waals surface area contributed by atoms with Gasteiger partial charge in [-0.25, -0.2) is 9.97 Å². The maximum Gasteiger partial charge on any atom is 0.422 e. The number of hydrogen-bond donors (Lipinski definition) is 2. The van der Waals surface area contributed by atoms with Gasteiger partial charge in [0.15, 0.2) is 6.61 Å². The smallest absolute Gasteiger partial charge is 0.422 e. The molecule has 1 unspecified atom stereocenters. The van der Waals surface area contributed by atoms with Crippen molar-refractivity contribution >= 4 is 17.6 Å². The SMILES string of the molecule is CCC(=O)Nc1cc(C(=O)NC(C)c2cccc(OCC(F)(F)F)n2)ccn1. The summed E-state index contributed by atoms with van der Waals surface area (Å²) in [6.07, 6.45) is -2.81. The van der Waals surface area contributed by atoms with Crippen molar-refractivity contribution in [2.75, 3.05) is 11.9 Å². The summed E-state index contributed by atoms with van der Waals surface area (Å²) < 4.78 is 41.4. The zero-order chi connectivity index (χ0) is 20.7. The molecular weight excluding hydrogens is 377 g/mol. The number of nitrogens with zero attached hydrogens (tertiary/aromatic N) is 2. The minimum atomic E-state index is -4.47. The molecule has 1 atom stereocenters. The molecular formula is C18H19F3N4O3. The number of nitrogens with one attached hydrogen (secondary N) is 2. The van der Waals surface area contributed by atoms with Gasteiger partial charge >= 0.3 is 6.18 Å². The number of carbonyl (C=O) groups is 2. The number of carbonyl (C=O) groups excluding carboxylic acids is 2. The minimum absolute atomic E-state index is 0.190. The van der Waals surface area contributed by atoms with Gasteiger partial charge < -0.3 is 15.4 Å². The molecule has 7 nitrogen and oxygen atoms in total. The van der Waals surface area contributed by atoms with E-state index in [1.165, 1.54) is 30.5 Å². The highest BCUT2D eigenvalue weighted by molar-refractivity contribution is 5.96. The molecule has 0 radical (unpaired) electrons. The third kappa shape index (κ3) is 6.53. The lowest BCUT2D eigenvalue weighted by Crippen LogP contribution is -2.27. The monoisotopic (exact) mass is 396 g/mol. The molecule has 0 spiro atoms. The molecule has 150 valence electrons. The highest BCUT2D eigenvalue weighted by Gasteiger charge is 2.28. The van der Waals surface area contributed by atoms with E-state index in [-0.39, 0.29) is 29.6 Å². The first-order valence-corrected chi connectivity index (χ1v) is 8.41. The largest absolute Gasteiger partial charge is 0.468 e. The van der Waals surface area contributed by atoms with Crippen molar-refractivity contribution in [1.82, 2.24) is 15.3 Å². The Morgan fingerprint density at radius 2 is 2.00 bits per heavy atom. The van der Waals surface area contributed by atoms with E-state index in [1.807, 2.05) is 0 Å². The second-order valence-corrected chi connectivity index (χ2v) is 5.83. The van der Waals surface area contributed by atoms with Crippen molar-refractivity contribution in [2.45, 2.75) is 32.5 Å². The van der Waals surface area contributed by atoms with Gasteiger partial charge in [-0.2, -0.15) is 13.2 Å². The van der Waals surface area contributed by atoms with Gasteiger partial charge in [-0.15, -0.1) is 0 Å². The van der Waals surface area contributed by atoms with Gasteiger partial charge in [-0.05, 0) is 25.1 Å². The van der Waals surface area contributed by atoms with Gasteiger partial charge in [0.1, 0.15) is 5.82 Å². The van der Waals surface area contributed by atoms with Crippen LogP contribution in [0.4, 0.5) is 19.0 Å². The van der Waals surface area contributed by atoms with E-state index < -0.39 is 24.7 Å². The lowest BCUT2D eigenvalue weighted by Gasteiger charge is -2.15. The number of halogens is 3. The van der Waals surface area contributed by atoms with Gasteiger partial charge in [-0.1, -0.05) is 13.0 Å². The molecule has 2 amide bonds. The summed E-state index contributed by atoms with van der Waals surface area (Å²) in [5.41, 5.74) is 0.597. The molecule has 2 aromatic heterocycles. The molecule has 10 heteroatoms. The van der Waals surface area contributed by atoms with Crippen LogP contribution in [0.2, 0.25) is 0 Å². The first kappa shape index (κ1) is 21.1. The summed E-state index contributed by atoms with van der Waals surface area (Å²) in [6.45, 7) is 1.87. The number of ether oxygens (including phenoxy) is 1. The summed E-state index contributed by atoms with van der Waals surface area (Å²) in [5, 5.41) is 5.24. The van der Waals surface area contributed by atoms with E-state index in [4.69, 9.17) is 0 Å². The van der Waals surface area contributed by atoms with Crippen molar-refractivity contribution < 1.29 is 27.5 Å². The average molecular weight is 396 g/mol. The van der Waals surface area contributed by atoms with Gasteiger partial charge in [0.25, 0.3) is 5.91 Å². The summed E-state index contributed by atoms with van der Waals surface area (Å²) in [7, 11) is 0. The number of pyridine rings is 2. The summed E-state index contributed by atoms with van der Waals surface area (Å²) >= 11 is 0. The standard InChI is InChI=1S/C18H19F3N4O3/c1-3-15(26)25-14-9-12(7-8-22-14)17(27)23-11(2)13-5-4-6-16(24-13)28-10-18(19,20)21/h4-9,11H,3,10H2,1-2H3,(H,23,27)(H,22,25,26). The molecule has 0 aliphatic heterocycles. The Morgan fingerprint density at radius 1 is 1.25 bits per heavy atom. The molecule has 2 heterocycles. The zero-order valence-corrected chi connectivity index (χ0v) is 15.2. The van der Waals surface area contributed by atoms with Gasteiger partial charge in [0, 0.05) is 24.2 Å². The molecule has 0 fully saturated rings. The van der Waals surface area contributed by atoms with Crippen molar-refractivity contribution in [3.63, 3.8) is 0 Å². The Morgan fingerprint density at radius 3 is 2.68 bits per heavy atom. The topological polar surface area (TPSA) is 93.2 Å². The molecule has 2 N–H and O–H groups in total. The first-order valence-electron chi connectivity index (χ1n) is 8.41. The molecule has 2 aromatic rings. The van der Waals surface area contributed by atoms with Crippen LogP contribution in [0.1, 0.15) is 42.4 Å². The quantitative estimate of drug-likeness (QED) is 0.749. The predicted molar refractivity (Wildman–Crippen MR) is 94.8 cm³/mol. The molecule has 0 saturated heterocycles. The molecule has 0 aromatic carbocycles. The fourth-order valence-corrected chi connectivity index (χ4v) is 2.13. The third-order valence-electron chi connectivity index (χ3n) is 3.53. The Labute approximate surface area is 159 Å². The Balaban J connectivity index is 2.04. The Kier molecular flexibility index (Phi) is 6.91. The number of anilines is 1. The van der Waals surface area contributed by atoms with Crippen LogP contribution in [0.5, 0.6) is 5.88 Å². The van der Waals surface area contributed by atoms with Crippen molar-refractivity contribution in [2.24, 2.45) is 0 Å². The Bertz CT molecular complexity index is 843. The first-order chi connectivity index (χ1) is 13.2. The summed E-state index contributed by atoms with van der Waals surface area (Å²) in [6, 6.07) is 6.65. The molecule has 2 rings (SSSR count). The third-order valence-corrected chi connectivity index (χ3v) is 3.53. The summed E-state index contributed by atoms with van der Waals surface area (Å²) in [4.78, 5) is 31.8. The van der Waals surface area contributed by atoms with E-state index in [9.17, 15) is 22.8 Å². The van der Waals surface area contributed by atoms with Crippen LogP contribution in [-0.4, -0.2) is 34.6 Å². The maximum atomic E-state index is 12.4. The fraction of sp³-hybridized carbons (Fsp3) is 0.333. The number of aromatic nitrogens is 2. The van der Waals surface area contributed by atoms with E-state index in [0.29, 0.717) is 5.69 Å². The van der Waals surface area contributed by atoms with Crippen molar-refractivity contribution in [3.05, 3.63) is 47.8 Å². The second-order valence-electron chi connectivity index (χ2n) is 5.83. The van der Waals surface area contributed by atoms with Gasteiger partial charge in [-0.3, -0.25) is 9.59 Å². The van der Waals surface area contributed by atoms with E-state index >= 15 is 0 Å². The van der Waals surface area contributed by atoms with Crippen LogP contribution in [0.3, 0.4) is 0 Å². The lowest BCUT2D eigenvalue weighted by atomic mass is 10.2. The number of hydrogen-bond acceptors (Lipinski definition) is 5. The molecule has 0 aliphatic rings. The average Bonchev–Trinajstić information content (AvgIpc) is 2.66. The Hall–Kier alpha value is -3.17. The van der Waals surface area contributed by atoms with E-state index in [0.717, 1.165) is 0 Å². The summed E-state index contributed by atoms with van der Waals surface area (Å²) in [5.74, 6) is -0.638. The zero-order valence-electron chi connectivity index (χ0n) is 15.2. The fourth-order valence-electron chi connectivity index (χ4n) is 2.13. The van der Waals surface area contributed by atoms with Crippen LogP contribution < -0.4 is 15.4 Å². The van der Waals surface area contributed by atoms with Crippen molar-refractivity contribution in [3.8, 4) is 5.88 Å². The number of rotatable bonds is 7. The molecule has 0 saturated carbocycles. The lowest BCUT2D eigenvalue weighted by molar-refractivity contribution is -0.154. The van der Waals surface area contributed by atoms with E-state index in [1.54, 1.807) is 19.9 Å². The minimum Gasteiger partial charge on any atom is -0.468 e. The van der Waals surface area contributed by atoms with Gasteiger partial charge in [0.05, 0.1) is 11.7 Å². The highest BCUT2D eigenvalue weighted by atomic mass is 19.4. The molecule has 28 heavy (non-hydrogen) atoms. The number of amides is 2. The van der Waals surface area contributed by atoms with Crippen LogP contribution in [0.15, 0.2) is 36.5 Å². The second kappa shape index (κ2) is 9.16. The molecule has 0 bridgehead atoms. The number of alkyl halides is 3. The maximum absolute atomic E-state index is 12.4. The predicted octanol–water partition coefficient (Wildman–Crippen LogP) is 3.26. The van der Waals surface area contributed by atoms with Crippen LogP contribution in [-0.2, 0) is 4.79 Å². The van der Waals surface area contributed by atoms with Gasteiger partial charge in [0.2, 0.25) is 11.8 Å².